The zero-order valence-electron chi connectivity index (χ0n) is 29.8. The third-order valence-electron chi connectivity index (χ3n) is 8.24. The van der Waals surface area contributed by atoms with Gasteiger partial charge in [-0.25, -0.2) is 9.59 Å². The number of ether oxygens (including phenoxy) is 2. The Morgan fingerprint density at radius 1 is 0.692 bits per heavy atom. The Labute approximate surface area is 302 Å². The van der Waals surface area contributed by atoms with Gasteiger partial charge in [0.2, 0.25) is 0 Å². The Kier molecular flexibility index (Phi) is 17.0. The molecule has 52 heavy (non-hydrogen) atoms. The fourth-order valence-corrected chi connectivity index (χ4v) is 5.45. The van der Waals surface area contributed by atoms with Crippen LogP contribution in [0.5, 0.6) is 0 Å². The van der Waals surface area contributed by atoms with E-state index in [0.29, 0.717) is 84.3 Å². The van der Waals surface area contributed by atoms with E-state index < -0.39 is 24.4 Å². The number of hydrogen-bond acceptors (Lipinski definition) is 8. The lowest BCUT2D eigenvalue weighted by molar-refractivity contribution is -0.173. The maximum atomic E-state index is 12.7. The first kappa shape index (κ1) is 41.9. The van der Waals surface area contributed by atoms with Gasteiger partial charge in [-0.3, -0.25) is 14.4 Å². The van der Waals surface area contributed by atoms with Crippen molar-refractivity contribution >= 4 is 29.5 Å². The Morgan fingerprint density at radius 2 is 1.08 bits per heavy atom. The molecule has 2 aliphatic rings. The number of nitrogens with one attached hydrogen (secondary N) is 1. The molecule has 16 heteroatoms. The van der Waals surface area contributed by atoms with E-state index in [2.05, 4.69) is 6.92 Å². The first-order chi connectivity index (χ1) is 24.9. The second kappa shape index (κ2) is 21.1. The van der Waals surface area contributed by atoms with Crippen LogP contribution in [0.25, 0.3) is 0 Å². The van der Waals surface area contributed by atoms with Gasteiger partial charge in [-0.1, -0.05) is 62.4 Å². The van der Waals surface area contributed by atoms with Crippen molar-refractivity contribution in [1.29, 1.82) is 0 Å². The van der Waals surface area contributed by atoms with Crippen LogP contribution in [0.1, 0.15) is 58.5 Å². The van der Waals surface area contributed by atoms with Gasteiger partial charge < -0.3 is 40.1 Å². The van der Waals surface area contributed by atoms with Crippen LogP contribution in [-0.4, -0.2) is 134 Å². The quantitative estimate of drug-likeness (QED) is 0.296. The second-order valence-corrected chi connectivity index (χ2v) is 12.2. The zero-order valence-corrected chi connectivity index (χ0v) is 29.8. The third kappa shape index (κ3) is 13.2. The highest BCUT2D eigenvalue weighted by molar-refractivity contribution is 6.00. The highest BCUT2D eigenvalue weighted by atomic mass is 19.4. The summed E-state index contributed by atoms with van der Waals surface area (Å²) in [5.74, 6) is -2.87. The minimum absolute atomic E-state index is 0.0107. The fraction of sp³-hybridized carbons (Fsp3) is 0.528. The van der Waals surface area contributed by atoms with Crippen molar-refractivity contribution in [2.45, 2.75) is 46.0 Å². The summed E-state index contributed by atoms with van der Waals surface area (Å²) in [5.41, 5.74) is 7.95. The molecular formula is C36H49F3N6O7. The van der Waals surface area contributed by atoms with Crippen LogP contribution in [0, 0.1) is 0 Å². The van der Waals surface area contributed by atoms with Gasteiger partial charge >= 0.3 is 24.1 Å². The average Bonchev–Trinajstić information content (AvgIpc) is 3.16. The molecule has 0 bridgehead atoms. The summed E-state index contributed by atoms with van der Waals surface area (Å²) >= 11 is 0. The Hall–Kier alpha value is -4.54. The fourth-order valence-electron chi connectivity index (χ4n) is 5.45. The Morgan fingerprint density at radius 3 is 1.42 bits per heavy atom. The van der Waals surface area contributed by atoms with Crippen LogP contribution in [0.2, 0.25) is 0 Å². The number of rotatable bonds is 13. The number of carbonyl (C=O) groups excluding carboxylic acids is 5. The number of ketones is 2. The molecule has 2 saturated heterocycles. The molecule has 2 heterocycles. The summed E-state index contributed by atoms with van der Waals surface area (Å²) in [4.78, 5) is 66.8. The van der Waals surface area contributed by atoms with Gasteiger partial charge in [0.25, 0.3) is 0 Å². The largest absolute Gasteiger partial charge is 0.471 e. The molecular weight excluding hydrogens is 685 g/mol. The molecule has 4 rings (SSSR count). The molecule has 286 valence electrons. The number of amides is 5. The maximum absolute atomic E-state index is 12.7. The number of hydrogen-bond donors (Lipinski definition) is 2. The van der Waals surface area contributed by atoms with Gasteiger partial charge in [0, 0.05) is 63.5 Å². The van der Waals surface area contributed by atoms with E-state index in [1.54, 1.807) is 39.4 Å². The van der Waals surface area contributed by atoms with Crippen molar-refractivity contribution in [1.82, 2.24) is 24.9 Å². The minimum Gasteiger partial charge on any atom is -0.378 e. The number of carbonyl (C=O) groups is 5. The highest BCUT2D eigenvalue weighted by Gasteiger charge is 2.38. The molecule has 2 aromatic rings. The van der Waals surface area contributed by atoms with E-state index in [1.807, 2.05) is 28.9 Å². The molecule has 0 atom stereocenters. The van der Waals surface area contributed by atoms with Crippen LogP contribution < -0.4 is 11.1 Å². The van der Waals surface area contributed by atoms with Gasteiger partial charge in [-0.2, -0.15) is 13.2 Å². The van der Waals surface area contributed by atoms with Crippen LogP contribution >= 0.6 is 0 Å². The van der Waals surface area contributed by atoms with Crippen molar-refractivity contribution in [3.63, 3.8) is 0 Å². The number of benzene rings is 2. The summed E-state index contributed by atoms with van der Waals surface area (Å²) in [6.45, 7) is 10.0. The molecule has 0 aromatic heterocycles. The molecule has 13 nitrogen and oxygen atoms in total. The lowest BCUT2D eigenvalue weighted by Gasteiger charge is -2.33. The summed E-state index contributed by atoms with van der Waals surface area (Å²) < 4.78 is 47.1. The van der Waals surface area contributed by atoms with Crippen molar-refractivity contribution in [3.8, 4) is 0 Å². The second-order valence-electron chi connectivity index (χ2n) is 12.2. The first-order valence-electron chi connectivity index (χ1n) is 17.4. The number of urea groups is 2. The van der Waals surface area contributed by atoms with Gasteiger partial charge in [-0.05, 0) is 24.0 Å². The van der Waals surface area contributed by atoms with E-state index in [4.69, 9.17) is 15.2 Å². The van der Waals surface area contributed by atoms with E-state index in [0.717, 1.165) is 24.0 Å². The molecule has 0 saturated carbocycles. The minimum atomic E-state index is -5.03. The van der Waals surface area contributed by atoms with E-state index in [1.165, 1.54) is 12.1 Å². The number of nitrogens with zero attached hydrogens (tertiary/aromatic N) is 4. The number of Topliss-reactive ketones (excluding diaryl/α,β-unsaturated/α-hetero) is 2. The third-order valence-corrected chi connectivity index (χ3v) is 8.24. The molecule has 5 amide bonds. The predicted molar refractivity (Wildman–Crippen MR) is 187 cm³/mol. The Bertz CT molecular complexity index is 1460. The van der Waals surface area contributed by atoms with E-state index >= 15 is 0 Å². The standard InChI is InChI=1S/C19H24F3N3O4.C17H25N3O3/c1-2-7-25(18(28)24-8-10-29-11-9-24)13-14-3-5-15(6-4-14)16(26)12-23-17(27)19(20,21)22;1-2-7-20(17(22)19-8-10-23-11-9-19)13-14-3-5-15(6-4-14)16(21)12-18/h3-6H,2,7-13H2,1H3,(H,23,27);3-6H,2,7-13,18H2,1H3. The normalized spacial score (nSPS) is 14.5. The average molecular weight is 735 g/mol. The first-order valence-corrected chi connectivity index (χ1v) is 17.4. The smallest absolute Gasteiger partial charge is 0.378 e. The van der Waals surface area contributed by atoms with Crippen molar-refractivity contribution in [3.05, 3.63) is 70.8 Å². The van der Waals surface area contributed by atoms with Crippen molar-refractivity contribution in [2.75, 3.05) is 78.8 Å². The number of halogens is 3. The van der Waals surface area contributed by atoms with E-state index in [-0.39, 0.29) is 30.0 Å². The molecule has 3 N–H and O–H groups in total. The molecule has 0 radical (unpaired) electrons. The molecule has 0 unspecified atom stereocenters. The molecule has 2 aliphatic heterocycles. The number of morpholine rings is 2. The number of nitrogens with two attached hydrogens (primary N) is 1. The summed E-state index contributed by atoms with van der Waals surface area (Å²) in [5, 5.41) is 1.55. The van der Waals surface area contributed by atoms with Crippen LogP contribution in [0.4, 0.5) is 22.8 Å². The van der Waals surface area contributed by atoms with Gasteiger partial charge in [-0.15, -0.1) is 0 Å². The predicted octanol–water partition coefficient (Wildman–Crippen LogP) is 3.70. The highest BCUT2D eigenvalue weighted by Crippen LogP contribution is 2.16. The summed E-state index contributed by atoms with van der Waals surface area (Å²) in [6, 6.07) is 13.5. The zero-order chi connectivity index (χ0) is 38.1. The molecule has 2 aromatic carbocycles. The van der Waals surface area contributed by atoms with Crippen molar-refractivity contribution in [2.24, 2.45) is 5.73 Å². The van der Waals surface area contributed by atoms with Crippen LogP contribution in [0.15, 0.2) is 48.5 Å². The topological polar surface area (TPSA) is 155 Å². The molecule has 2 fully saturated rings. The van der Waals surface area contributed by atoms with Gasteiger partial charge in [0.05, 0.1) is 39.5 Å². The summed E-state index contributed by atoms with van der Waals surface area (Å²) in [7, 11) is 0. The van der Waals surface area contributed by atoms with Gasteiger partial charge in [0.1, 0.15) is 0 Å². The van der Waals surface area contributed by atoms with Crippen molar-refractivity contribution < 1.29 is 46.6 Å². The van der Waals surface area contributed by atoms with E-state index in [9.17, 15) is 37.1 Å². The lowest BCUT2D eigenvalue weighted by atomic mass is 10.1. The molecule has 0 spiro atoms. The van der Waals surface area contributed by atoms with Gasteiger partial charge in [0.15, 0.2) is 11.6 Å². The maximum Gasteiger partial charge on any atom is 0.471 e. The lowest BCUT2D eigenvalue weighted by Crippen LogP contribution is -2.48. The Balaban J connectivity index is 0.000000288. The summed E-state index contributed by atoms with van der Waals surface area (Å²) in [6.07, 6.45) is -3.34. The SMILES string of the molecule is CCCN(Cc1ccc(C(=O)CN)cc1)C(=O)N1CCOCC1.CCCN(Cc1ccc(C(=O)CNC(=O)C(F)(F)F)cc1)C(=O)N1CCOCC1. The number of alkyl halides is 3. The van der Waals surface area contributed by atoms with Crippen LogP contribution in [-0.2, 0) is 27.4 Å². The monoisotopic (exact) mass is 734 g/mol. The molecule has 0 aliphatic carbocycles. The van der Waals surface area contributed by atoms with Crippen LogP contribution in [0.3, 0.4) is 0 Å².